The van der Waals surface area contributed by atoms with E-state index in [9.17, 15) is 39.3 Å². The smallest absolute Gasteiger partial charge is 0.327 e. The summed E-state index contributed by atoms with van der Waals surface area (Å²) in [6.45, 7) is 5.27. The molecular formula is C31H43N5O8S2. The highest BCUT2D eigenvalue weighted by atomic mass is 32.1. The standard InChI is InChI=1S/C31H43N5O8S2/c1-30(2,45)23(35-25(39)20(32)14-18-10-12-19(38)13-11-18)28(42)34-22(16-37)27(41)33-21(15-17-8-6-5-7-9-17)26(40)36-24(29(43)44)31(3,4)46/h5-13,20-24,37-38,45-46H,14-16,32H2,1-4H3,(H,33,41)(H,34,42)(H,35,39)(H,36,40)(H,43,44)/t20-,21-,22+,23-,24-/m0/s1. The second-order valence-corrected chi connectivity index (χ2v) is 14.3. The van der Waals surface area contributed by atoms with Crippen LogP contribution in [0.2, 0.25) is 0 Å². The molecule has 4 amide bonds. The van der Waals surface area contributed by atoms with Crippen molar-refractivity contribution in [3.8, 4) is 5.75 Å². The molecule has 0 radical (unpaired) electrons. The van der Waals surface area contributed by atoms with Gasteiger partial charge in [0.25, 0.3) is 0 Å². The molecule has 0 bridgehead atoms. The summed E-state index contributed by atoms with van der Waals surface area (Å²) in [7, 11) is 0. The van der Waals surface area contributed by atoms with Gasteiger partial charge in [0.2, 0.25) is 23.6 Å². The average Bonchev–Trinajstić information content (AvgIpc) is 2.96. The zero-order valence-corrected chi connectivity index (χ0v) is 27.8. The number of phenols is 1. The van der Waals surface area contributed by atoms with Gasteiger partial charge in [-0.25, -0.2) is 4.79 Å². The molecule has 0 saturated heterocycles. The molecule has 0 aliphatic rings. The minimum atomic E-state index is -1.56. The van der Waals surface area contributed by atoms with Crippen LogP contribution in [0.15, 0.2) is 54.6 Å². The maximum Gasteiger partial charge on any atom is 0.327 e. The van der Waals surface area contributed by atoms with Crippen LogP contribution < -0.4 is 27.0 Å². The van der Waals surface area contributed by atoms with E-state index in [0.717, 1.165) is 0 Å². The van der Waals surface area contributed by atoms with E-state index >= 15 is 0 Å². The lowest BCUT2D eigenvalue weighted by molar-refractivity contribution is -0.143. The number of aromatic hydroxyl groups is 1. The van der Waals surface area contributed by atoms with Gasteiger partial charge < -0.3 is 42.3 Å². The summed E-state index contributed by atoms with van der Waals surface area (Å²) in [4.78, 5) is 64.8. The minimum absolute atomic E-state index is 0.0366. The Kier molecular flexibility index (Phi) is 13.9. The molecule has 13 nitrogen and oxygen atoms in total. The van der Waals surface area contributed by atoms with Crippen molar-refractivity contribution in [2.45, 2.75) is 80.2 Å². The molecule has 15 heteroatoms. The lowest BCUT2D eigenvalue weighted by Crippen LogP contribution is -2.63. The predicted octanol–water partition coefficient (Wildman–Crippen LogP) is -0.0624. The summed E-state index contributed by atoms with van der Waals surface area (Å²) in [6.07, 6.45) is 0.0677. The molecule has 46 heavy (non-hydrogen) atoms. The average molecular weight is 678 g/mol. The Hall–Kier alpha value is -3.79. The van der Waals surface area contributed by atoms with E-state index in [1.165, 1.54) is 26.0 Å². The van der Waals surface area contributed by atoms with E-state index in [1.54, 1.807) is 56.3 Å². The van der Waals surface area contributed by atoms with Gasteiger partial charge in [0, 0.05) is 15.9 Å². The number of aliphatic carboxylic acids is 1. The first-order valence-corrected chi connectivity index (χ1v) is 15.3. The number of carboxylic acids is 1. The molecule has 0 heterocycles. The zero-order chi connectivity index (χ0) is 34.8. The van der Waals surface area contributed by atoms with Crippen molar-refractivity contribution in [2.24, 2.45) is 5.73 Å². The number of amides is 4. The van der Waals surface area contributed by atoms with Gasteiger partial charge >= 0.3 is 5.97 Å². The summed E-state index contributed by atoms with van der Waals surface area (Å²) in [5, 5.41) is 39.0. The van der Waals surface area contributed by atoms with Crippen LogP contribution >= 0.6 is 25.3 Å². The van der Waals surface area contributed by atoms with Crippen LogP contribution in [0.25, 0.3) is 0 Å². The third-order valence-electron chi connectivity index (χ3n) is 6.96. The number of phenolic OH excluding ortho intramolecular Hbond substituents is 1. The van der Waals surface area contributed by atoms with E-state index in [2.05, 4.69) is 46.5 Å². The van der Waals surface area contributed by atoms with Crippen molar-refractivity contribution in [1.82, 2.24) is 21.3 Å². The molecule has 0 aliphatic carbocycles. The number of thiol groups is 2. The fourth-order valence-corrected chi connectivity index (χ4v) is 4.71. The van der Waals surface area contributed by atoms with Crippen LogP contribution in [0.3, 0.4) is 0 Å². The Bertz CT molecular complexity index is 1360. The largest absolute Gasteiger partial charge is 0.508 e. The third-order valence-corrected chi connectivity index (χ3v) is 7.47. The molecule has 0 spiro atoms. The van der Waals surface area contributed by atoms with E-state index in [-0.39, 0.29) is 18.6 Å². The first-order chi connectivity index (χ1) is 21.3. The summed E-state index contributed by atoms with van der Waals surface area (Å²) < 4.78 is -2.31. The number of carboxylic acid groups (broad SMARTS) is 1. The van der Waals surface area contributed by atoms with Crippen LogP contribution in [0, 0.1) is 0 Å². The fourth-order valence-electron chi connectivity index (χ4n) is 4.35. The quantitative estimate of drug-likeness (QED) is 0.107. The second-order valence-electron chi connectivity index (χ2n) is 12.0. The number of carbonyl (C=O) groups excluding carboxylic acids is 4. The van der Waals surface area contributed by atoms with Gasteiger partial charge in [-0.15, -0.1) is 0 Å². The minimum Gasteiger partial charge on any atom is -0.508 e. The van der Waals surface area contributed by atoms with Gasteiger partial charge in [0.05, 0.1) is 12.6 Å². The summed E-state index contributed by atoms with van der Waals surface area (Å²) >= 11 is 8.72. The topological polar surface area (TPSA) is 220 Å². The van der Waals surface area contributed by atoms with Crippen molar-refractivity contribution >= 4 is 54.9 Å². The van der Waals surface area contributed by atoms with Gasteiger partial charge in [0.15, 0.2) is 0 Å². The Labute approximate surface area is 278 Å². The van der Waals surface area contributed by atoms with Gasteiger partial charge in [-0.1, -0.05) is 42.5 Å². The maximum absolute atomic E-state index is 13.4. The molecule has 2 aromatic rings. The van der Waals surface area contributed by atoms with Crippen LogP contribution in [0.1, 0.15) is 38.8 Å². The van der Waals surface area contributed by atoms with Gasteiger partial charge in [-0.05, 0) is 57.4 Å². The highest BCUT2D eigenvalue weighted by Gasteiger charge is 2.38. The van der Waals surface area contributed by atoms with Crippen molar-refractivity contribution in [1.29, 1.82) is 0 Å². The van der Waals surface area contributed by atoms with E-state index in [1.807, 2.05) is 0 Å². The summed E-state index contributed by atoms with van der Waals surface area (Å²) in [6, 6.07) is 8.10. The number of nitrogens with two attached hydrogens (primary N) is 1. The van der Waals surface area contributed by atoms with E-state index < -0.39 is 75.9 Å². The number of hydrogen-bond donors (Lipinski definition) is 10. The second kappa shape index (κ2) is 16.7. The summed E-state index contributed by atoms with van der Waals surface area (Å²) in [5.41, 5.74) is 7.38. The molecule has 0 saturated carbocycles. The SMILES string of the molecule is CC(C)(S)[C@@H](NC(=O)[C@H](Cc1ccccc1)NC(=O)[C@@H](CO)NC(=O)[C@H](NC(=O)[C@@H](N)Cc1ccc(O)cc1)C(C)(C)S)C(=O)O. The van der Waals surface area contributed by atoms with Gasteiger partial charge in [0.1, 0.15) is 29.9 Å². The number of benzene rings is 2. The number of carbonyl (C=O) groups is 5. The Morgan fingerprint density at radius 1 is 0.696 bits per heavy atom. The molecule has 252 valence electrons. The summed E-state index contributed by atoms with van der Waals surface area (Å²) in [5.74, 6) is -4.57. The lowest BCUT2D eigenvalue weighted by atomic mass is 9.99. The molecule has 0 aromatic heterocycles. The number of aliphatic hydroxyl groups is 1. The molecular weight excluding hydrogens is 635 g/mol. The maximum atomic E-state index is 13.4. The lowest BCUT2D eigenvalue weighted by Gasteiger charge is -2.32. The Morgan fingerprint density at radius 2 is 1.17 bits per heavy atom. The molecule has 2 rings (SSSR count). The monoisotopic (exact) mass is 677 g/mol. The van der Waals surface area contributed by atoms with Crippen molar-refractivity contribution < 1.29 is 39.3 Å². The number of aliphatic hydroxyl groups excluding tert-OH is 1. The van der Waals surface area contributed by atoms with Crippen molar-refractivity contribution in [3.05, 3.63) is 65.7 Å². The molecule has 0 fully saturated rings. The third kappa shape index (κ3) is 11.9. The van der Waals surface area contributed by atoms with Crippen LogP contribution in [0.4, 0.5) is 0 Å². The van der Waals surface area contributed by atoms with Crippen LogP contribution in [-0.4, -0.2) is 91.2 Å². The molecule has 2 aromatic carbocycles. The fraction of sp³-hybridized carbons (Fsp3) is 0.452. The predicted molar refractivity (Wildman–Crippen MR) is 179 cm³/mol. The first-order valence-electron chi connectivity index (χ1n) is 14.4. The van der Waals surface area contributed by atoms with Crippen molar-refractivity contribution in [3.63, 3.8) is 0 Å². The van der Waals surface area contributed by atoms with Crippen molar-refractivity contribution in [2.75, 3.05) is 6.61 Å². The molecule has 5 atom stereocenters. The van der Waals surface area contributed by atoms with Crippen LogP contribution in [0.5, 0.6) is 5.75 Å². The van der Waals surface area contributed by atoms with E-state index in [0.29, 0.717) is 11.1 Å². The Balaban J connectivity index is 2.21. The highest BCUT2D eigenvalue weighted by molar-refractivity contribution is 7.82. The first kappa shape index (κ1) is 38.4. The zero-order valence-electron chi connectivity index (χ0n) is 26.1. The van der Waals surface area contributed by atoms with E-state index in [4.69, 9.17) is 5.73 Å². The number of nitrogens with one attached hydrogen (secondary N) is 4. The Morgan fingerprint density at radius 3 is 1.67 bits per heavy atom. The number of hydrogen-bond acceptors (Lipinski definition) is 10. The number of rotatable bonds is 16. The van der Waals surface area contributed by atoms with Crippen LogP contribution in [-0.2, 0) is 36.8 Å². The normalized spacial score (nSPS) is 15.0. The molecule has 9 N–H and O–H groups in total. The van der Waals surface area contributed by atoms with Gasteiger partial charge in [-0.3, -0.25) is 19.2 Å². The molecule has 0 unspecified atom stereocenters. The van der Waals surface area contributed by atoms with Gasteiger partial charge in [-0.2, -0.15) is 25.3 Å². The highest BCUT2D eigenvalue weighted by Crippen LogP contribution is 2.20. The molecule has 0 aliphatic heterocycles.